The smallest absolute Gasteiger partial charge is 0.361 e. The summed E-state index contributed by atoms with van der Waals surface area (Å²) >= 11 is 0. The normalized spacial score (nSPS) is 12.6. The summed E-state index contributed by atoms with van der Waals surface area (Å²) in [5.41, 5.74) is 0. The number of rotatable bonds is 81. The second-order valence-corrected chi connectivity index (χ2v) is 30.5. The maximum Gasteiger partial charge on any atom is 0.361 e. The predicted molar refractivity (Wildman–Crippen MR) is 411 cm³/mol. The van der Waals surface area contributed by atoms with E-state index in [1.165, 1.54) is 385 Å². The number of likely N-dealkylation sites (N-methyl/N-ethyl adjacent to an activating group) is 1. The van der Waals surface area contributed by atoms with Gasteiger partial charge >= 0.3 is 17.9 Å². The third-order valence-corrected chi connectivity index (χ3v) is 19.7. The van der Waals surface area contributed by atoms with Crippen molar-refractivity contribution in [2.45, 2.75) is 463 Å². The Kier molecular flexibility index (Phi) is 75.7. The number of aliphatic carboxylic acids is 1. The van der Waals surface area contributed by atoms with E-state index in [-0.39, 0.29) is 38.2 Å². The fourth-order valence-corrected chi connectivity index (χ4v) is 13.2. The number of carbonyl (C=O) groups is 3. The van der Waals surface area contributed by atoms with Crippen LogP contribution in [-0.4, -0.2) is 87.4 Å². The van der Waals surface area contributed by atoms with Crippen molar-refractivity contribution in [2.24, 2.45) is 0 Å². The molecule has 2 atom stereocenters. The lowest BCUT2D eigenvalue weighted by Gasteiger charge is -2.25. The quantitative estimate of drug-likeness (QED) is 0.0211. The summed E-state index contributed by atoms with van der Waals surface area (Å²) in [6.45, 7) is 4.97. The van der Waals surface area contributed by atoms with Crippen molar-refractivity contribution in [3.8, 4) is 0 Å². The van der Waals surface area contributed by atoms with Crippen LogP contribution in [0.4, 0.5) is 0 Å². The van der Waals surface area contributed by atoms with Gasteiger partial charge in [-0.3, -0.25) is 9.59 Å². The van der Waals surface area contributed by atoms with Crippen LogP contribution < -0.4 is 0 Å². The maximum atomic E-state index is 13.0. The average Bonchev–Trinajstić information content (AvgIpc) is 3.54. The Balaban J connectivity index is 3.90. The van der Waals surface area contributed by atoms with Gasteiger partial charge in [-0.15, -0.1) is 0 Å². The Bertz CT molecular complexity index is 1610. The summed E-state index contributed by atoms with van der Waals surface area (Å²) in [7, 11) is 6.00. The lowest BCUT2D eigenvalue weighted by atomic mass is 10.0. The Morgan fingerprint density at radius 3 is 0.779 bits per heavy atom. The van der Waals surface area contributed by atoms with Crippen molar-refractivity contribution in [2.75, 3.05) is 47.5 Å². The minimum atomic E-state index is -1.51. The molecule has 0 saturated heterocycles. The van der Waals surface area contributed by atoms with Crippen LogP contribution in [0.25, 0.3) is 0 Å². The molecule has 0 bridgehead atoms. The summed E-state index contributed by atoms with van der Waals surface area (Å²) in [5.74, 6) is -1.97. The van der Waals surface area contributed by atoms with Gasteiger partial charge in [-0.05, 0) is 64.2 Å². The molecule has 9 heteroatoms. The first-order chi connectivity index (χ1) is 46.6. The van der Waals surface area contributed by atoms with Gasteiger partial charge in [-0.25, -0.2) is 4.79 Å². The first kappa shape index (κ1) is 92.8. The Morgan fingerprint density at radius 1 is 0.305 bits per heavy atom. The topological polar surface area (TPSA) is 108 Å². The predicted octanol–water partition coefficient (Wildman–Crippen LogP) is 27.3. The minimum Gasteiger partial charge on any atom is -0.477 e. The number of carboxylic acids is 1. The molecule has 9 nitrogen and oxygen atoms in total. The molecule has 0 radical (unpaired) electrons. The zero-order valence-electron chi connectivity index (χ0n) is 64.6. The van der Waals surface area contributed by atoms with E-state index in [2.05, 4.69) is 38.2 Å². The molecule has 0 spiro atoms. The van der Waals surface area contributed by atoms with Gasteiger partial charge in [-0.2, -0.15) is 0 Å². The summed E-state index contributed by atoms with van der Waals surface area (Å²) in [4.78, 5) is 37.8. The van der Waals surface area contributed by atoms with Gasteiger partial charge in [0.25, 0.3) is 6.29 Å². The second-order valence-electron chi connectivity index (χ2n) is 30.5. The van der Waals surface area contributed by atoms with Crippen LogP contribution in [0, 0.1) is 0 Å². The number of nitrogens with zero attached hydrogens (tertiary/aromatic N) is 1. The molecule has 0 aliphatic heterocycles. The van der Waals surface area contributed by atoms with Crippen LogP contribution in [0.15, 0.2) is 24.3 Å². The molecule has 0 fully saturated rings. The van der Waals surface area contributed by atoms with Crippen molar-refractivity contribution in [1.82, 2.24) is 0 Å². The van der Waals surface area contributed by atoms with Crippen LogP contribution in [-0.2, 0) is 33.3 Å². The first-order valence-corrected chi connectivity index (χ1v) is 42.5. The van der Waals surface area contributed by atoms with Gasteiger partial charge in [0, 0.05) is 12.8 Å². The zero-order valence-corrected chi connectivity index (χ0v) is 64.6. The average molecular weight is 1340 g/mol. The van der Waals surface area contributed by atoms with E-state index in [1.807, 2.05) is 21.1 Å². The Hall–Kier alpha value is -2.23. The van der Waals surface area contributed by atoms with Crippen LogP contribution in [0.5, 0.6) is 0 Å². The molecule has 0 aliphatic carbocycles. The highest BCUT2D eigenvalue weighted by molar-refractivity contribution is 5.71. The van der Waals surface area contributed by atoms with Crippen LogP contribution in [0.3, 0.4) is 0 Å². The van der Waals surface area contributed by atoms with Crippen molar-refractivity contribution >= 4 is 17.9 Å². The minimum absolute atomic E-state index is 0.174. The number of unbranched alkanes of at least 4 members (excludes halogenated alkanes) is 62. The lowest BCUT2D eigenvalue weighted by Crippen LogP contribution is -2.40. The van der Waals surface area contributed by atoms with Gasteiger partial charge < -0.3 is 28.5 Å². The van der Waals surface area contributed by atoms with Crippen molar-refractivity contribution < 1.29 is 42.9 Å². The lowest BCUT2D eigenvalue weighted by molar-refractivity contribution is -0.870. The molecule has 2 unspecified atom stereocenters. The standard InChI is InChI=1S/C86H165NO8/c1-6-8-10-12-14-16-18-20-22-24-26-28-30-32-34-36-37-38-39-40-41-42-43-44-45-46-47-49-51-53-55-57-59-61-63-65-67-69-71-73-75-77-84(89)95-82(81-94-86(85(90)91)92-79-78-87(3,4)5)80-93-83(88)76-74-72-70-68-66-64-62-60-58-56-54-52-50-48-35-33-31-29-27-25-23-21-19-17-15-13-11-9-7-2/h24-27,82,86H,6-23,28-81H2,1-5H3/p+1/b26-24-,27-25-. The zero-order chi connectivity index (χ0) is 69.0. The molecule has 0 rings (SSSR count). The Morgan fingerprint density at radius 2 is 0.537 bits per heavy atom. The monoisotopic (exact) mass is 1340 g/mol. The number of ether oxygens (including phenoxy) is 4. The number of hydrogen-bond donors (Lipinski definition) is 1. The summed E-state index contributed by atoms with van der Waals surface area (Å²) < 4.78 is 23.1. The van der Waals surface area contributed by atoms with Gasteiger partial charge in [0.15, 0.2) is 6.10 Å². The number of quaternary nitrogens is 1. The number of carboxylic acid groups (broad SMARTS) is 1. The van der Waals surface area contributed by atoms with Gasteiger partial charge in [-0.1, -0.05) is 398 Å². The van der Waals surface area contributed by atoms with E-state index in [9.17, 15) is 19.5 Å². The highest BCUT2D eigenvalue weighted by atomic mass is 16.7. The van der Waals surface area contributed by atoms with E-state index in [0.29, 0.717) is 17.4 Å². The van der Waals surface area contributed by atoms with E-state index in [0.717, 1.165) is 38.5 Å². The highest BCUT2D eigenvalue weighted by Gasteiger charge is 2.25. The fraction of sp³-hybridized carbons (Fsp3) is 0.919. The molecule has 0 amide bonds. The van der Waals surface area contributed by atoms with Gasteiger partial charge in [0.2, 0.25) is 0 Å². The molecular weight excluding hydrogens is 1170 g/mol. The van der Waals surface area contributed by atoms with E-state index < -0.39 is 18.4 Å². The molecule has 562 valence electrons. The molecular formula is C86H166NO8+. The number of esters is 2. The molecule has 0 saturated carbocycles. The Labute approximate surface area is 592 Å². The molecule has 1 N–H and O–H groups in total. The van der Waals surface area contributed by atoms with Crippen molar-refractivity contribution in [3.05, 3.63) is 24.3 Å². The van der Waals surface area contributed by atoms with Gasteiger partial charge in [0.1, 0.15) is 13.2 Å². The third kappa shape index (κ3) is 79.0. The molecule has 0 aromatic heterocycles. The van der Waals surface area contributed by atoms with Crippen LogP contribution in [0.2, 0.25) is 0 Å². The first-order valence-electron chi connectivity index (χ1n) is 42.5. The SMILES string of the molecule is CCCCCCCCCC/C=C\CCCCCCCCCCCCCCCCCCCCCCCCCCCCCCCC(=O)OC(COC(=O)CCCCCCCCCCCCCCCCCCC/C=C\CCCCCCCCCC)COC(OCC[N+](C)(C)C)C(=O)O. The number of hydrogen-bond acceptors (Lipinski definition) is 7. The van der Waals surface area contributed by atoms with Gasteiger partial charge in [0.05, 0.1) is 34.4 Å². The number of carbonyl (C=O) groups excluding carboxylic acids is 2. The van der Waals surface area contributed by atoms with Crippen LogP contribution in [0.1, 0.15) is 450 Å². The maximum absolute atomic E-state index is 13.0. The molecule has 0 aromatic carbocycles. The highest BCUT2D eigenvalue weighted by Crippen LogP contribution is 2.21. The third-order valence-electron chi connectivity index (χ3n) is 19.7. The largest absolute Gasteiger partial charge is 0.477 e. The summed E-state index contributed by atoms with van der Waals surface area (Å²) in [6.07, 6.45) is 96.5. The fourth-order valence-electron chi connectivity index (χ4n) is 13.2. The second kappa shape index (κ2) is 77.5. The molecule has 95 heavy (non-hydrogen) atoms. The van der Waals surface area contributed by atoms with E-state index in [1.54, 1.807) is 0 Å². The molecule has 0 aliphatic rings. The van der Waals surface area contributed by atoms with Crippen molar-refractivity contribution in [3.63, 3.8) is 0 Å². The molecule has 0 aromatic rings. The molecule has 0 heterocycles. The van der Waals surface area contributed by atoms with E-state index >= 15 is 0 Å². The summed E-state index contributed by atoms with van der Waals surface area (Å²) in [5, 5.41) is 9.78. The number of allylic oxidation sites excluding steroid dienone is 4. The summed E-state index contributed by atoms with van der Waals surface area (Å²) in [6, 6.07) is 0. The van der Waals surface area contributed by atoms with E-state index in [4.69, 9.17) is 18.9 Å². The van der Waals surface area contributed by atoms with Crippen LogP contribution >= 0.6 is 0 Å². The van der Waals surface area contributed by atoms with Crippen molar-refractivity contribution in [1.29, 1.82) is 0 Å².